The van der Waals surface area contributed by atoms with E-state index in [1.165, 1.54) is 30.7 Å². The van der Waals surface area contributed by atoms with Crippen LogP contribution >= 0.6 is 0 Å². The summed E-state index contributed by atoms with van der Waals surface area (Å²) in [6, 6.07) is 6.51. The quantitative estimate of drug-likeness (QED) is 0.750. The number of methoxy groups -OCH3 is 1. The van der Waals surface area contributed by atoms with Crippen LogP contribution < -0.4 is 0 Å². The molecule has 2 aliphatic rings. The van der Waals surface area contributed by atoms with Crippen LogP contribution in [0, 0.1) is 25.7 Å². The van der Waals surface area contributed by atoms with Crippen molar-refractivity contribution in [2.24, 2.45) is 11.8 Å². The van der Waals surface area contributed by atoms with E-state index < -0.39 is 0 Å². The number of aryl methyl sites for hydroxylation is 2. The van der Waals surface area contributed by atoms with E-state index in [0.717, 1.165) is 5.57 Å². The van der Waals surface area contributed by atoms with Gasteiger partial charge in [0.05, 0.1) is 19.3 Å². The number of hydrogen-bond donors (Lipinski definition) is 0. The lowest BCUT2D eigenvalue weighted by atomic mass is 9.72. The Balaban J connectivity index is 0.000000431. The van der Waals surface area contributed by atoms with Gasteiger partial charge in [-0.15, -0.1) is 0 Å². The maximum Gasteiger partial charge on any atom is 0.302 e. The maximum atomic E-state index is 11.8. The molecule has 1 aliphatic heterocycles. The molecule has 0 amide bonds. The lowest BCUT2D eigenvalue weighted by molar-refractivity contribution is -0.137. The van der Waals surface area contributed by atoms with E-state index in [0.29, 0.717) is 13.0 Å². The van der Waals surface area contributed by atoms with Crippen molar-refractivity contribution in [2.45, 2.75) is 39.7 Å². The van der Waals surface area contributed by atoms with Gasteiger partial charge in [-0.2, -0.15) is 0 Å². The van der Waals surface area contributed by atoms with Gasteiger partial charge in [0.1, 0.15) is 0 Å². The number of fused-ring (bicyclic) bond motifs is 1. The second kappa shape index (κ2) is 8.00. The molecule has 1 aromatic rings. The molecule has 1 fully saturated rings. The molecule has 0 N–H and O–H groups in total. The van der Waals surface area contributed by atoms with Crippen LogP contribution in [0.25, 0.3) is 5.57 Å². The number of carbonyl (C=O) groups is 2. The zero-order chi connectivity index (χ0) is 19.5. The number of ether oxygens (including phenoxy) is 2. The number of rotatable bonds is 2. The standard InChI is InChI=1S/C19H22O2.C3H6O2/c1-12-7-13(2)9-15(8-12)14(3)17-11-21-19(4)6-5-16(20)10-18(17)19;1-3(4)5-2/h5-9,17-18H,3,10-11H2,1-2,4H3;1-2H3. The summed E-state index contributed by atoms with van der Waals surface area (Å²) in [5.74, 6) is 0.361. The highest BCUT2D eigenvalue weighted by molar-refractivity contribution is 5.91. The SMILES string of the molecule is C=C(c1cc(C)cc(C)c1)C1COC2(C)C=CC(=O)CC12.COC(C)=O. The average Bonchev–Trinajstić information content (AvgIpc) is 2.91. The van der Waals surface area contributed by atoms with E-state index in [2.05, 4.69) is 50.3 Å². The average molecular weight is 356 g/mol. The summed E-state index contributed by atoms with van der Waals surface area (Å²) in [6.45, 7) is 12.6. The molecular weight excluding hydrogens is 328 g/mol. The van der Waals surface area contributed by atoms with Crippen LogP contribution in [-0.4, -0.2) is 31.1 Å². The molecule has 1 aliphatic carbocycles. The number of esters is 1. The van der Waals surface area contributed by atoms with Crippen molar-refractivity contribution in [1.29, 1.82) is 0 Å². The lowest BCUT2D eigenvalue weighted by Gasteiger charge is -2.32. The van der Waals surface area contributed by atoms with Crippen LogP contribution in [0.15, 0.2) is 36.9 Å². The van der Waals surface area contributed by atoms with Gasteiger partial charge >= 0.3 is 5.97 Å². The van der Waals surface area contributed by atoms with E-state index >= 15 is 0 Å². The van der Waals surface area contributed by atoms with Crippen molar-refractivity contribution in [3.05, 3.63) is 53.6 Å². The van der Waals surface area contributed by atoms with Crippen molar-refractivity contribution in [1.82, 2.24) is 0 Å². The first-order valence-corrected chi connectivity index (χ1v) is 8.84. The van der Waals surface area contributed by atoms with Crippen LogP contribution in [0.1, 0.15) is 37.0 Å². The smallest absolute Gasteiger partial charge is 0.302 e. The summed E-state index contributed by atoms with van der Waals surface area (Å²) in [5.41, 5.74) is 4.44. The van der Waals surface area contributed by atoms with Gasteiger partial charge in [-0.1, -0.05) is 35.9 Å². The molecule has 1 saturated heterocycles. The van der Waals surface area contributed by atoms with Crippen molar-refractivity contribution >= 4 is 17.3 Å². The predicted molar refractivity (Wildman–Crippen MR) is 103 cm³/mol. The molecule has 26 heavy (non-hydrogen) atoms. The summed E-state index contributed by atoms with van der Waals surface area (Å²) in [4.78, 5) is 21.4. The third-order valence-electron chi connectivity index (χ3n) is 5.14. The minimum atomic E-state index is -0.319. The highest BCUT2D eigenvalue weighted by atomic mass is 16.5. The van der Waals surface area contributed by atoms with Crippen molar-refractivity contribution in [2.75, 3.05) is 13.7 Å². The Labute approximate surface area is 155 Å². The van der Waals surface area contributed by atoms with Crippen molar-refractivity contribution < 1.29 is 19.1 Å². The van der Waals surface area contributed by atoms with Crippen LogP contribution in [0.2, 0.25) is 0 Å². The summed E-state index contributed by atoms with van der Waals surface area (Å²) >= 11 is 0. The third-order valence-corrected chi connectivity index (χ3v) is 5.14. The van der Waals surface area contributed by atoms with Gasteiger partial charge in [0.15, 0.2) is 5.78 Å². The van der Waals surface area contributed by atoms with E-state index in [4.69, 9.17) is 4.74 Å². The Morgan fingerprint density at radius 3 is 2.38 bits per heavy atom. The zero-order valence-corrected chi connectivity index (χ0v) is 16.3. The minimum absolute atomic E-state index is 0.196. The highest BCUT2D eigenvalue weighted by Gasteiger charge is 2.48. The third kappa shape index (κ3) is 4.50. The van der Waals surface area contributed by atoms with Gasteiger partial charge in [0, 0.05) is 25.2 Å². The lowest BCUT2D eigenvalue weighted by Crippen LogP contribution is -2.36. The maximum absolute atomic E-state index is 11.8. The van der Waals surface area contributed by atoms with Crippen molar-refractivity contribution in [3.63, 3.8) is 0 Å². The number of hydrogen-bond acceptors (Lipinski definition) is 4. The Hall–Kier alpha value is -2.20. The molecule has 0 aromatic heterocycles. The second-order valence-corrected chi connectivity index (χ2v) is 7.31. The molecule has 4 heteroatoms. The number of allylic oxidation sites excluding steroid dienone is 1. The van der Waals surface area contributed by atoms with Gasteiger partial charge in [-0.25, -0.2) is 0 Å². The number of carbonyl (C=O) groups excluding carboxylic acids is 2. The largest absolute Gasteiger partial charge is 0.469 e. The van der Waals surface area contributed by atoms with Gasteiger partial charge < -0.3 is 9.47 Å². The molecular formula is C22H28O4. The molecule has 3 atom stereocenters. The first-order valence-electron chi connectivity index (χ1n) is 8.84. The Kier molecular flexibility index (Phi) is 6.19. The highest BCUT2D eigenvalue weighted by Crippen LogP contribution is 2.46. The molecule has 3 rings (SSSR count). The van der Waals surface area contributed by atoms with Crippen LogP contribution in [0.5, 0.6) is 0 Å². The molecule has 0 bridgehead atoms. The molecule has 4 nitrogen and oxygen atoms in total. The van der Waals surface area contributed by atoms with Crippen LogP contribution in [0.3, 0.4) is 0 Å². The minimum Gasteiger partial charge on any atom is -0.469 e. The normalized spacial score (nSPS) is 26.6. The zero-order valence-electron chi connectivity index (χ0n) is 16.3. The van der Waals surface area contributed by atoms with Gasteiger partial charge in [-0.05, 0) is 44.1 Å². The van der Waals surface area contributed by atoms with Crippen LogP contribution in [0.4, 0.5) is 0 Å². The molecule has 0 radical (unpaired) electrons. The summed E-state index contributed by atoms with van der Waals surface area (Å²) in [7, 11) is 1.35. The molecule has 3 unspecified atom stereocenters. The molecule has 140 valence electrons. The Bertz CT molecular complexity index is 726. The summed E-state index contributed by atoms with van der Waals surface area (Å²) < 4.78 is 10.1. The van der Waals surface area contributed by atoms with E-state index in [9.17, 15) is 9.59 Å². The Morgan fingerprint density at radius 2 is 1.85 bits per heavy atom. The second-order valence-electron chi connectivity index (χ2n) is 7.31. The Morgan fingerprint density at radius 1 is 1.27 bits per heavy atom. The summed E-state index contributed by atoms with van der Waals surface area (Å²) in [6.07, 6.45) is 4.15. The molecule has 1 aromatic carbocycles. The summed E-state index contributed by atoms with van der Waals surface area (Å²) in [5, 5.41) is 0. The topological polar surface area (TPSA) is 52.6 Å². The fourth-order valence-corrected chi connectivity index (χ4v) is 3.67. The van der Waals surface area contributed by atoms with E-state index in [1.807, 2.05) is 6.08 Å². The first kappa shape index (κ1) is 20.1. The van der Waals surface area contributed by atoms with E-state index in [-0.39, 0.29) is 29.2 Å². The van der Waals surface area contributed by atoms with Gasteiger partial charge in [-0.3, -0.25) is 9.59 Å². The van der Waals surface area contributed by atoms with Gasteiger partial charge in [0.2, 0.25) is 0 Å². The number of benzene rings is 1. The number of ketones is 1. The fraction of sp³-hybridized carbons (Fsp3) is 0.455. The molecule has 0 spiro atoms. The molecule has 1 heterocycles. The van der Waals surface area contributed by atoms with Crippen LogP contribution in [-0.2, 0) is 19.1 Å². The fourth-order valence-electron chi connectivity index (χ4n) is 3.67. The van der Waals surface area contributed by atoms with E-state index in [1.54, 1.807) is 6.08 Å². The monoisotopic (exact) mass is 356 g/mol. The first-order chi connectivity index (χ1) is 12.2. The van der Waals surface area contributed by atoms with Crippen molar-refractivity contribution in [3.8, 4) is 0 Å². The molecule has 0 saturated carbocycles. The predicted octanol–water partition coefficient (Wildman–Crippen LogP) is 4.05. The van der Waals surface area contributed by atoms with Gasteiger partial charge in [0.25, 0.3) is 0 Å².